The first-order valence-corrected chi connectivity index (χ1v) is 14.4. The van der Waals surface area contributed by atoms with Crippen LogP contribution in [0.25, 0.3) is 21.7 Å². The van der Waals surface area contributed by atoms with E-state index in [1.165, 1.54) is 17.0 Å². The Morgan fingerprint density at radius 2 is 1.78 bits per heavy atom. The number of aromatic nitrogens is 2. The number of nitro benzene ring substituents is 1. The Labute approximate surface area is 244 Å². The predicted molar refractivity (Wildman–Crippen MR) is 164 cm³/mol. The standard InChI is InChI=1S/C32H27BrN4O4/c33-25-16-17-28-27(18-25)32(38)36(31(35-28)22-9-2-1-3-10-22)34-19-23-12-7-15-29(37(39)40)30(23)41-20-24-13-6-11-21-8-4-5-14-26(21)24/h4-8,11-19,22H,1-3,9-10,20H2. The van der Waals surface area contributed by atoms with Crippen molar-refractivity contribution in [1.82, 2.24) is 9.66 Å². The summed E-state index contributed by atoms with van der Waals surface area (Å²) in [6.45, 7) is 0.131. The highest BCUT2D eigenvalue weighted by molar-refractivity contribution is 9.10. The molecule has 0 bridgehead atoms. The van der Waals surface area contributed by atoms with Gasteiger partial charge in [-0.2, -0.15) is 9.78 Å². The number of hydrogen-bond donors (Lipinski definition) is 0. The molecule has 0 aliphatic heterocycles. The minimum Gasteiger partial charge on any atom is -0.481 e. The van der Waals surface area contributed by atoms with Crippen LogP contribution in [0.3, 0.4) is 0 Å². The third-order valence-electron chi connectivity index (χ3n) is 7.59. The summed E-state index contributed by atoms with van der Waals surface area (Å²) in [5, 5.41) is 19.1. The Hall–Kier alpha value is -4.37. The molecule has 5 aromatic rings. The summed E-state index contributed by atoms with van der Waals surface area (Å²) >= 11 is 3.45. The van der Waals surface area contributed by atoms with Crippen LogP contribution < -0.4 is 10.3 Å². The lowest BCUT2D eigenvalue weighted by Crippen LogP contribution is -2.25. The second-order valence-electron chi connectivity index (χ2n) is 10.2. The average Bonchev–Trinajstić information content (AvgIpc) is 3.00. The Bertz CT molecular complexity index is 1860. The van der Waals surface area contributed by atoms with Crippen LogP contribution in [-0.2, 0) is 6.61 Å². The molecule has 1 aliphatic carbocycles. The Balaban J connectivity index is 1.42. The van der Waals surface area contributed by atoms with Gasteiger partial charge in [-0.15, -0.1) is 0 Å². The smallest absolute Gasteiger partial charge is 0.311 e. The zero-order valence-corrected chi connectivity index (χ0v) is 23.8. The van der Waals surface area contributed by atoms with Gasteiger partial charge in [0.15, 0.2) is 0 Å². The van der Waals surface area contributed by atoms with E-state index in [1.54, 1.807) is 18.2 Å². The molecule has 41 heavy (non-hydrogen) atoms. The fourth-order valence-electron chi connectivity index (χ4n) is 5.54. The van der Waals surface area contributed by atoms with Crippen molar-refractivity contribution >= 4 is 49.5 Å². The molecule has 1 saturated carbocycles. The van der Waals surface area contributed by atoms with E-state index in [0.717, 1.165) is 52.9 Å². The first kappa shape index (κ1) is 26.8. The second-order valence-corrected chi connectivity index (χ2v) is 11.1. The van der Waals surface area contributed by atoms with Gasteiger partial charge < -0.3 is 4.74 Å². The van der Waals surface area contributed by atoms with E-state index in [4.69, 9.17) is 9.72 Å². The zero-order chi connectivity index (χ0) is 28.3. The van der Waals surface area contributed by atoms with Gasteiger partial charge in [0.1, 0.15) is 12.4 Å². The predicted octanol–water partition coefficient (Wildman–Crippen LogP) is 7.73. The van der Waals surface area contributed by atoms with Crippen molar-refractivity contribution < 1.29 is 9.66 Å². The fourth-order valence-corrected chi connectivity index (χ4v) is 5.90. The molecule has 0 spiro atoms. The number of nitro groups is 1. The largest absolute Gasteiger partial charge is 0.481 e. The summed E-state index contributed by atoms with van der Waals surface area (Å²) < 4.78 is 8.26. The third kappa shape index (κ3) is 5.50. The number of para-hydroxylation sites is 1. The van der Waals surface area contributed by atoms with Gasteiger partial charge in [0, 0.05) is 22.0 Å². The molecular weight excluding hydrogens is 584 g/mol. The normalized spacial score (nSPS) is 14.2. The molecule has 6 rings (SSSR count). The molecular formula is C32H27BrN4O4. The third-order valence-corrected chi connectivity index (χ3v) is 8.08. The van der Waals surface area contributed by atoms with E-state index in [2.05, 4.69) is 21.0 Å². The summed E-state index contributed by atoms with van der Waals surface area (Å²) in [5.74, 6) is 0.816. The van der Waals surface area contributed by atoms with Crippen molar-refractivity contribution in [2.45, 2.75) is 44.6 Å². The Kier molecular flexibility index (Phi) is 7.61. The maximum atomic E-state index is 13.7. The molecule has 9 heteroatoms. The average molecular weight is 611 g/mol. The van der Waals surface area contributed by atoms with Crippen molar-refractivity contribution in [3.63, 3.8) is 0 Å². The molecule has 1 aliphatic rings. The summed E-state index contributed by atoms with van der Waals surface area (Å²) in [7, 11) is 0. The number of fused-ring (bicyclic) bond motifs is 2. The number of rotatable bonds is 7. The first-order chi connectivity index (χ1) is 20.0. The van der Waals surface area contributed by atoms with Crippen LogP contribution in [0.15, 0.2) is 93.2 Å². The van der Waals surface area contributed by atoms with Crippen molar-refractivity contribution in [2.24, 2.45) is 5.10 Å². The van der Waals surface area contributed by atoms with Crippen LogP contribution in [0.4, 0.5) is 5.69 Å². The minimum absolute atomic E-state index is 0.0953. The molecule has 0 unspecified atom stereocenters. The van der Waals surface area contributed by atoms with E-state index in [-0.39, 0.29) is 29.5 Å². The quantitative estimate of drug-likeness (QED) is 0.107. The maximum absolute atomic E-state index is 13.7. The molecule has 1 heterocycles. The zero-order valence-electron chi connectivity index (χ0n) is 22.2. The van der Waals surface area contributed by atoms with Gasteiger partial charge in [-0.1, -0.05) is 83.7 Å². The second kappa shape index (κ2) is 11.6. The molecule has 0 radical (unpaired) electrons. The van der Waals surface area contributed by atoms with Gasteiger partial charge >= 0.3 is 5.69 Å². The number of halogens is 1. The van der Waals surface area contributed by atoms with Crippen molar-refractivity contribution in [3.05, 3.63) is 121 Å². The number of hydrogen-bond acceptors (Lipinski definition) is 6. The number of benzene rings is 4. The fraction of sp³-hybridized carbons (Fsp3) is 0.219. The van der Waals surface area contributed by atoms with E-state index < -0.39 is 4.92 Å². The lowest BCUT2D eigenvalue weighted by molar-refractivity contribution is -0.385. The van der Waals surface area contributed by atoms with Crippen molar-refractivity contribution in [1.29, 1.82) is 0 Å². The molecule has 206 valence electrons. The van der Waals surface area contributed by atoms with Crippen LogP contribution in [-0.4, -0.2) is 20.8 Å². The Morgan fingerprint density at radius 3 is 2.61 bits per heavy atom. The minimum atomic E-state index is -0.468. The van der Waals surface area contributed by atoms with Crippen LogP contribution in [0.5, 0.6) is 5.75 Å². The molecule has 0 N–H and O–H groups in total. The molecule has 1 aromatic heterocycles. The highest BCUT2D eigenvalue weighted by Gasteiger charge is 2.23. The SMILES string of the molecule is O=c1c2cc(Br)ccc2nc(C2CCCCC2)n1N=Cc1cccc([N+](=O)[O-])c1OCc1cccc2ccccc12. The molecule has 0 atom stereocenters. The highest BCUT2D eigenvalue weighted by atomic mass is 79.9. The van der Waals surface area contributed by atoms with E-state index >= 15 is 0 Å². The maximum Gasteiger partial charge on any atom is 0.311 e. The van der Waals surface area contributed by atoms with Gasteiger partial charge in [-0.3, -0.25) is 14.9 Å². The molecule has 0 amide bonds. The van der Waals surface area contributed by atoms with Crippen molar-refractivity contribution in [3.8, 4) is 5.75 Å². The van der Waals surface area contributed by atoms with Gasteiger partial charge in [0.2, 0.25) is 5.75 Å². The summed E-state index contributed by atoms with van der Waals surface area (Å²) in [4.78, 5) is 30.1. The van der Waals surface area contributed by atoms with E-state index in [0.29, 0.717) is 22.3 Å². The summed E-state index contributed by atoms with van der Waals surface area (Å²) in [6.07, 6.45) is 6.62. The molecule has 4 aromatic carbocycles. The topological polar surface area (TPSA) is 99.6 Å². The summed E-state index contributed by atoms with van der Waals surface area (Å²) in [5.41, 5.74) is 1.48. The van der Waals surface area contributed by atoms with Crippen LogP contribution in [0.1, 0.15) is 55.0 Å². The Morgan fingerprint density at radius 1 is 1.00 bits per heavy atom. The molecule has 0 saturated heterocycles. The van der Waals surface area contributed by atoms with Crippen molar-refractivity contribution in [2.75, 3.05) is 0 Å². The van der Waals surface area contributed by atoms with Gasteiger partial charge in [0.25, 0.3) is 5.56 Å². The van der Waals surface area contributed by atoms with E-state index in [1.807, 2.05) is 54.6 Å². The molecule has 1 fully saturated rings. The van der Waals surface area contributed by atoms with Crippen LogP contribution >= 0.6 is 15.9 Å². The lowest BCUT2D eigenvalue weighted by atomic mass is 9.88. The van der Waals surface area contributed by atoms with Crippen LogP contribution in [0.2, 0.25) is 0 Å². The van der Waals surface area contributed by atoms with Gasteiger partial charge in [-0.25, -0.2) is 4.98 Å². The molecule has 8 nitrogen and oxygen atoms in total. The monoisotopic (exact) mass is 610 g/mol. The van der Waals surface area contributed by atoms with Gasteiger partial charge in [0.05, 0.1) is 22.0 Å². The van der Waals surface area contributed by atoms with Gasteiger partial charge in [-0.05, 0) is 53.4 Å². The van der Waals surface area contributed by atoms with E-state index in [9.17, 15) is 14.9 Å². The number of ether oxygens (including phenoxy) is 1. The number of nitrogens with zero attached hydrogens (tertiary/aromatic N) is 4. The summed E-state index contributed by atoms with van der Waals surface area (Å²) in [6, 6.07) is 24.0. The van der Waals surface area contributed by atoms with Crippen LogP contribution in [0, 0.1) is 10.1 Å². The lowest BCUT2D eigenvalue weighted by Gasteiger charge is -2.22. The highest BCUT2D eigenvalue weighted by Crippen LogP contribution is 2.33. The first-order valence-electron chi connectivity index (χ1n) is 13.6.